The van der Waals surface area contributed by atoms with Crippen LogP contribution < -0.4 is 5.73 Å². The summed E-state index contributed by atoms with van der Waals surface area (Å²) in [5.74, 6) is -0.675. The van der Waals surface area contributed by atoms with E-state index in [4.69, 9.17) is 5.73 Å². The number of hydrogen-bond acceptors (Lipinski definition) is 2. The molecule has 1 aromatic carbocycles. The second-order valence-electron chi connectivity index (χ2n) is 2.59. The van der Waals surface area contributed by atoms with E-state index < -0.39 is 23.0 Å². The quantitative estimate of drug-likeness (QED) is 0.866. The van der Waals surface area contributed by atoms with Crippen molar-refractivity contribution in [2.24, 2.45) is 0 Å². The summed E-state index contributed by atoms with van der Waals surface area (Å²) in [6.07, 6.45) is -2.58. The molecule has 0 spiro atoms. The van der Waals surface area contributed by atoms with Crippen LogP contribution in [0.15, 0.2) is 27.6 Å². The Labute approximate surface area is 91.1 Å². The summed E-state index contributed by atoms with van der Waals surface area (Å²) in [5.41, 5.74) is 5.79. The Bertz CT molecular complexity index is 359. The third-order valence-corrected chi connectivity index (χ3v) is 3.40. The first kappa shape index (κ1) is 11.6. The van der Waals surface area contributed by atoms with Crippen molar-refractivity contribution in [1.29, 1.82) is 0 Å². The molecule has 1 aromatic rings. The molecule has 2 N–H and O–H groups in total. The molecular weight excluding hydrogens is 276 g/mol. The lowest BCUT2D eigenvalue weighted by Crippen LogP contribution is -2.08. The number of nitrogens with two attached hydrogens (primary N) is 1. The lowest BCUT2D eigenvalue weighted by atomic mass is 10.3. The Morgan fingerprint density at radius 2 is 2.14 bits per heavy atom. The first-order chi connectivity index (χ1) is 6.50. The predicted octanol–water partition coefficient (Wildman–Crippen LogP) is 2.40. The van der Waals surface area contributed by atoms with Gasteiger partial charge in [0.2, 0.25) is 6.43 Å². The van der Waals surface area contributed by atoms with Crippen molar-refractivity contribution in [3.8, 4) is 0 Å². The van der Waals surface area contributed by atoms with Crippen molar-refractivity contribution >= 4 is 32.4 Å². The maximum atomic E-state index is 11.9. The van der Waals surface area contributed by atoms with Gasteiger partial charge in [-0.25, -0.2) is 8.78 Å². The van der Waals surface area contributed by atoms with Gasteiger partial charge in [0.1, 0.15) is 0 Å². The van der Waals surface area contributed by atoms with E-state index in [-0.39, 0.29) is 10.6 Å². The zero-order valence-corrected chi connectivity index (χ0v) is 9.45. The number of nitrogen functional groups attached to an aromatic ring is 1. The Kier molecular flexibility index (Phi) is 4.00. The van der Waals surface area contributed by atoms with E-state index in [1.165, 1.54) is 6.07 Å². The average molecular weight is 284 g/mol. The van der Waals surface area contributed by atoms with Gasteiger partial charge in [0, 0.05) is 10.2 Å². The molecule has 0 radical (unpaired) electrons. The predicted molar refractivity (Wildman–Crippen MR) is 55.8 cm³/mol. The van der Waals surface area contributed by atoms with Gasteiger partial charge in [0.15, 0.2) is 0 Å². The number of alkyl halides is 2. The number of anilines is 1. The molecule has 0 saturated heterocycles. The largest absolute Gasteiger partial charge is 0.398 e. The van der Waals surface area contributed by atoms with Crippen molar-refractivity contribution in [2.75, 3.05) is 11.5 Å². The van der Waals surface area contributed by atoms with Crippen LogP contribution in [0.5, 0.6) is 0 Å². The molecule has 0 heterocycles. The molecule has 1 rings (SSSR count). The molecule has 0 aliphatic heterocycles. The van der Waals surface area contributed by atoms with Gasteiger partial charge in [-0.3, -0.25) is 4.21 Å². The van der Waals surface area contributed by atoms with Gasteiger partial charge in [0.05, 0.1) is 21.4 Å². The molecule has 1 unspecified atom stereocenters. The van der Waals surface area contributed by atoms with Crippen LogP contribution >= 0.6 is 15.9 Å². The lowest BCUT2D eigenvalue weighted by molar-refractivity contribution is 0.175. The zero-order chi connectivity index (χ0) is 10.7. The SMILES string of the molecule is Nc1cc(Br)ccc1S(=O)CC(F)F. The van der Waals surface area contributed by atoms with Crippen LogP contribution in [0.1, 0.15) is 0 Å². The summed E-state index contributed by atoms with van der Waals surface area (Å²) in [7, 11) is -1.73. The van der Waals surface area contributed by atoms with Gasteiger partial charge < -0.3 is 5.73 Å². The second-order valence-corrected chi connectivity index (χ2v) is 4.97. The molecule has 14 heavy (non-hydrogen) atoms. The highest BCUT2D eigenvalue weighted by atomic mass is 79.9. The Balaban J connectivity index is 2.90. The molecular formula is C8H8BrF2NOS. The van der Waals surface area contributed by atoms with E-state index in [0.29, 0.717) is 0 Å². The molecule has 1 atom stereocenters. The van der Waals surface area contributed by atoms with Crippen LogP contribution in [-0.4, -0.2) is 16.4 Å². The van der Waals surface area contributed by atoms with E-state index in [9.17, 15) is 13.0 Å². The molecule has 2 nitrogen and oxygen atoms in total. The summed E-state index contributed by atoms with van der Waals surface area (Å²) >= 11 is 3.17. The minimum absolute atomic E-state index is 0.258. The van der Waals surface area contributed by atoms with Gasteiger partial charge in [-0.1, -0.05) is 15.9 Å². The van der Waals surface area contributed by atoms with E-state index >= 15 is 0 Å². The molecule has 78 valence electrons. The first-order valence-corrected chi connectivity index (χ1v) is 5.83. The Morgan fingerprint density at radius 3 is 2.64 bits per heavy atom. The summed E-state index contributed by atoms with van der Waals surface area (Å²) in [6.45, 7) is 0. The van der Waals surface area contributed by atoms with E-state index in [1.54, 1.807) is 12.1 Å². The van der Waals surface area contributed by atoms with Gasteiger partial charge in [0.25, 0.3) is 0 Å². The minimum Gasteiger partial charge on any atom is -0.398 e. The maximum absolute atomic E-state index is 11.9. The number of halogens is 3. The summed E-state index contributed by atoms with van der Waals surface area (Å²) < 4.78 is 35.9. The minimum atomic E-state index is -2.58. The molecule has 0 bridgehead atoms. The van der Waals surface area contributed by atoms with Crippen LogP contribution in [0.3, 0.4) is 0 Å². The van der Waals surface area contributed by atoms with Crippen molar-refractivity contribution in [1.82, 2.24) is 0 Å². The van der Waals surface area contributed by atoms with Gasteiger partial charge >= 0.3 is 0 Å². The molecule has 6 heteroatoms. The normalized spacial score (nSPS) is 13.1. The summed E-state index contributed by atoms with van der Waals surface area (Å²) in [4.78, 5) is 0.258. The summed E-state index contributed by atoms with van der Waals surface area (Å²) in [6, 6.07) is 4.64. The highest BCUT2D eigenvalue weighted by Crippen LogP contribution is 2.22. The first-order valence-electron chi connectivity index (χ1n) is 3.72. The molecule has 0 saturated carbocycles. The van der Waals surface area contributed by atoms with Crippen LogP contribution in [0.4, 0.5) is 14.5 Å². The highest BCUT2D eigenvalue weighted by molar-refractivity contribution is 9.10. The standard InChI is InChI=1S/C8H8BrF2NOS/c9-5-1-2-7(6(12)3-5)14(13)4-8(10)11/h1-3,8H,4,12H2. The fourth-order valence-corrected chi connectivity index (χ4v) is 2.26. The lowest BCUT2D eigenvalue weighted by Gasteiger charge is -2.05. The fourth-order valence-electron chi connectivity index (χ4n) is 0.931. The van der Waals surface area contributed by atoms with Crippen molar-refractivity contribution in [3.05, 3.63) is 22.7 Å². The van der Waals surface area contributed by atoms with Gasteiger partial charge in [-0.05, 0) is 18.2 Å². The van der Waals surface area contributed by atoms with E-state index in [1.807, 2.05) is 0 Å². The topological polar surface area (TPSA) is 43.1 Å². The van der Waals surface area contributed by atoms with Crippen LogP contribution in [0.2, 0.25) is 0 Å². The number of hydrogen-bond donors (Lipinski definition) is 1. The smallest absolute Gasteiger partial charge is 0.250 e. The Hall–Kier alpha value is -0.490. The van der Waals surface area contributed by atoms with Crippen molar-refractivity contribution < 1.29 is 13.0 Å². The Morgan fingerprint density at radius 1 is 1.50 bits per heavy atom. The fraction of sp³-hybridized carbons (Fsp3) is 0.250. The molecule has 0 fully saturated rings. The van der Waals surface area contributed by atoms with E-state index in [0.717, 1.165) is 4.47 Å². The summed E-state index contributed by atoms with van der Waals surface area (Å²) in [5, 5.41) is 0. The monoisotopic (exact) mass is 283 g/mol. The number of rotatable bonds is 3. The van der Waals surface area contributed by atoms with Crippen molar-refractivity contribution in [3.63, 3.8) is 0 Å². The van der Waals surface area contributed by atoms with E-state index in [2.05, 4.69) is 15.9 Å². The zero-order valence-electron chi connectivity index (χ0n) is 7.04. The molecule has 0 aliphatic rings. The van der Waals surface area contributed by atoms with Crippen molar-refractivity contribution in [2.45, 2.75) is 11.3 Å². The third kappa shape index (κ3) is 3.02. The maximum Gasteiger partial charge on any atom is 0.250 e. The highest BCUT2D eigenvalue weighted by Gasteiger charge is 2.13. The second kappa shape index (κ2) is 4.84. The molecule has 0 amide bonds. The number of benzene rings is 1. The van der Waals surface area contributed by atoms with Crippen LogP contribution in [0, 0.1) is 0 Å². The third-order valence-electron chi connectivity index (χ3n) is 1.49. The van der Waals surface area contributed by atoms with Gasteiger partial charge in [-0.15, -0.1) is 0 Å². The molecule has 0 aromatic heterocycles. The average Bonchev–Trinajstić information content (AvgIpc) is 2.01. The van der Waals surface area contributed by atoms with Crippen LogP contribution in [-0.2, 0) is 10.8 Å². The van der Waals surface area contributed by atoms with Gasteiger partial charge in [-0.2, -0.15) is 0 Å². The van der Waals surface area contributed by atoms with Crippen LogP contribution in [0.25, 0.3) is 0 Å². The molecule has 0 aliphatic carbocycles.